The maximum atomic E-state index is 13.6. The highest BCUT2D eigenvalue weighted by Crippen LogP contribution is 2.33. The fourth-order valence-corrected chi connectivity index (χ4v) is 4.60. The molecule has 0 bridgehead atoms. The summed E-state index contributed by atoms with van der Waals surface area (Å²) < 4.78 is 19.1. The Bertz CT molecular complexity index is 1350. The van der Waals surface area contributed by atoms with E-state index in [-0.39, 0.29) is 43.7 Å². The van der Waals surface area contributed by atoms with Crippen molar-refractivity contribution in [3.8, 4) is 0 Å². The lowest BCUT2D eigenvalue weighted by Crippen LogP contribution is -2.54. The maximum absolute atomic E-state index is 13.6. The minimum absolute atomic E-state index is 0.182. The predicted octanol–water partition coefficient (Wildman–Crippen LogP) is 3.64. The summed E-state index contributed by atoms with van der Waals surface area (Å²) in [5, 5.41) is 9.97. The third-order valence-corrected chi connectivity index (χ3v) is 7.07. The molecule has 0 atom stereocenters. The third-order valence-electron chi connectivity index (χ3n) is 6.70. The number of fused-ring (bicyclic) bond motifs is 1. The normalized spacial score (nSPS) is 14.5. The van der Waals surface area contributed by atoms with E-state index in [1.165, 1.54) is 24.4 Å². The van der Waals surface area contributed by atoms with Crippen molar-refractivity contribution in [2.24, 2.45) is 11.1 Å². The summed E-state index contributed by atoms with van der Waals surface area (Å²) in [7, 11) is 0. The number of nitrogens with zero attached hydrogens (tertiary/aromatic N) is 2. The van der Waals surface area contributed by atoms with Crippen molar-refractivity contribution in [3.63, 3.8) is 0 Å². The molecule has 1 aromatic heterocycles. The van der Waals surface area contributed by atoms with Crippen LogP contribution in [0.5, 0.6) is 0 Å². The average molecular weight is 557 g/mol. The quantitative estimate of drug-likeness (QED) is 0.334. The summed E-state index contributed by atoms with van der Waals surface area (Å²) in [5.41, 5.74) is 5.15. The SMILES string of the molecule is NCCNC(=O)N1CCC(COC(=O)Nc2cc3cc(F)ccc3cn2)(C(=O)NCc2ccccc2Cl)CC1. The first-order chi connectivity index (χ1) is 18.8. The number of amides is 4. The van der Waals surface area contributed by atoms with Crippen molar-refractivity contribution in [2.75, 3.05) is 38.1 Å². The number of hydrogen-bond donors (Lipinski definition) is 4. The van der Waals surface area contributed by atoms with Crippen LogP contribution in [0.1, 0.15) is 18.4 Å². The van der Waals surface area contributed by atoms with E-state index in [4.69, 9.17) is 22.1 Å². The molecule has 1 fully saturated rings. The fraction of sp³-hybridized carbons (Fsp3) is 0.333. The molecular weight excluding hydrogens is 527 g/mol. The molecule has 39 heavy (non-hydrogen) atoms. The van der Waals surface area contributed by atoms with E-state index in [1.807, 2.05) is 12.1 Å². The molecule has 12 heteroatoms. The highest BCUT2D eigenvalue weighted by atomic mass is 35.5. The Balaban J connectivity index is 1.43. The number of hydrogen-bond acceptors (Lipinski definition) is 6. The zero-order valence-electron chi connectivity index (χ0n) is 21.2. The lowest BCUT2D eigenvalue weighted by Gasteiger charge is -2.40. The van der Waals surface area contributed by atoms with Crippen LogP contribution < -0.4 is 21.7 Å². The molecule has 10 nitrogen and oxygen atoms in total. The molecule has 1 aliphatic heterocycles. The summed E-state index contributed by atoms with van der Waals surface area (Å²) in [4.78, 5) is 44.3. The monoisotopic (exact) mass is 556 g/mol. The molecule has 3 aromatic rings. The highest BCUT2D eigenvalue weighted by molar-refractivity contribution is 6.31. The molecule has 5 N–H and O–H groups in total. The van der Waals surface area contributed by atoms with Crippen LogP contribution in [0.3, 0.4) is 0 Å². The van der Waals surface area contributed by atoms with Crippen LogP contribution in [0.25, 0.3) is 10.8 Å². The lowest BCUT2D eigenvalue weighted by molar-refractivity contribution is -0.136. The Morgan fingerprint density at radius 2 is 1.85 bits per heavy atom. The molecular formula is C27H30ClFN6O4. The number of likely N-dealkylation sites (tertiary alicyclic amines) is 1. The second kappa shape index (κ2) is 12.7. The first-order valence-corrected chi connectivity index (χ1v) is 12.9. The molecule has 4 amide bonds. The van der Waals surface area contributed by atoms with Gasteiger partial charge >= 0.3 is 12.1 Å². The number of benzene rings is 2. The Morgan fingerprint density at radius 3 is 2.59 bits per heavy atom. The molecule has 2 aromatic carbocycles. The smallest absolute Gasteiger partial charge is 0.412 e. The van der Waals surface area contributed by atoms with Gasteiger partial charge in [-0.05, 0) is 54.1 Å². The summed E-state index contributed by atoms with van der Waals surface area (Å²) in [6, 6.07) is 12.7. The van der Waals surface area contributed by atoms with Crippen LogP contribution in [0.2, 0.25) is 5.02 Å². The maximum Gasteiger partial charge on any atom is 0.412 e. The van der Waals surface area contributed by atoms with Gasteiger partial charge in [0.15, 0.2) is 0 Å². The van der Waals surface area contributed by atoms with Crippen LogP contribution >= 0.6 is 11.6 Å². The fourth-order valence-electron chi connectivity index (χ4n) is 4.39. The predicted molar refractivity (Wildman–Crippen MR) is 146 cm³/mol. The number of anilines is 1. The summed E-state index contributed by atoms with van der Waals surface area (Å²) in [5.74, 6) is -0.534. The van der Waals surface area contributed by atoms with Gasteiger partial charge in [0, 0.05) is 49.3 Å². The number of pyridine rings is 1. The zero-order chi connectivity index (χ0) is 27.8. The van der Waals surface area contributed by atoms with Gasteiger partial charge in [-0.15, -0.1) is 0 Å². The molecule has 0 unspecified atom stereocenters. The van der Waals surface area contributed by atoms with E-state index in [9.17, 15) is 18.8 Å². The van der Waals surface area contributed by atoms with Crippen molar-refractivity contribution >= 4 is 46.2 Å². The van der Waals surface area contributed by atoms with Gasteiger partial charge < -0.3 is 26.0 Å². The van der Waals surface area contributed by atoms with Crippen molar-refractivity contribution in [1.29, 1.82) is 0 Å². The Labute approximate surface area is 230 Å². The van der Waals surface area contributed by atoms with Crippen LogP contribution in [-0.2, 0) is 16.1 Å². The number of aromatic nitrogens is 1. The van der Waals surface area contributed by atoms with E-state index in [0.717, 1.165) is 5.56 Å². The number of piperidine rings is 1. The van der Waals surface area contributed by atoms with E-state index >= 15 is 0 Å². The highest BCUT2D eigenvalue weighted by Gasteiger charge is 2.43. The Kier molecular flexibility index (Phi) is 9.15. The molecule has 0 saturated carbocycles. The van der Waals surface area contributed by atoms with Crippen molar-refractivity contribution in [1.82, 2.24) is 20.5 Å². The topological polar surface area (TPSA) is 139 Å². The molecule has 1 aliphatic rings. The van der Waals surface area contributed by atoms with Crippen LogP contribution in [0, 0.1) is 11.2 Å². The molecule has 2 heterocycles. The van der Waals surface area contributed by atoms with Gasteiger partial charge in [0.1, 0.15) is 18.2 Å². The zero-order valence-corrected chi connectivity index (χ0v) is 22.0. The van der Waals surface area contributed by atoms with E-state index in [2.05, 4.69) is 20.9 Å². The Morgan fingerprint density at radius 1 is 1.08 bits per heavy atom. The molecule has 4 rings (SSSR count). The first kappa shape index (κ1) is 28.1. The molecule has 0 radical (unpaired) electrons. The molecule has 1 saturated heterocycles. The Hall–Kier alpha value is -3.96. The molecule has 0 spiro atoms. The van der Waals surface area contributed by atoms with Gasteiger partial charge in [0.05, 0.1) is 5.41 Å². The molecule has 0 aliphatic carbocycles. The number of rotatable bonds is 8. The van der Waals surface area contributed by atoms with Gasteiger partial charge in [0.25, 0.3) is 0 Å². The number of nitrogens with two attached hydrogens (primary N) is 1. The van der Waals surface area contributed by atoms with E-state index in [0.29, 0.717) is 42.0 Å². The second-order valence-corrected chi connectivity index (χ2v) is 9.73. The van der Waals surface area contributed by atoms with Crippen LogP contribution in [0.15, 0.2) is 54.7 Å². The number of ether oxygens (including phenoxy) is 1. The lowest BCUT2D eigenvalue weighted by atomic mass is 9.78. The largest absolute Gasteiger partial charge is 0.448 e. The summed E-state index contributed by atoms with van der Waals surface area (Å²) in [6.07, 6.45) is 1.26. The number of halogens is 2. The second-order valence-electron chi connectivity index (χ2n) is 9.32. The first-order valence-electron chi connectivity index (χ1n) is 12.5. The third kappa shape index (κ3) is 7.12. The minimum atomic E-state index is -1.07. The number of carbonyl (C=O) groups excluding carboxylic acids is 3. The standard InChI is InChI=1S/C27H30ClFN6O4/c28-22-4-2-1-3-19(22)16-33-24(36)27(7-11-35(12-8-27)25(37)31-10-9-30)17-39-26(38)34-23-14-20-13-21(29)6-5-18(20)15-32-23/h1-6,13-15H,7-12,16-17,30H2,(H,31,37)(H,33,36)(H,32,34,38). The number of carbonyl (C=O) groups is 3. The minimum Gasteiger partial charge on any atom is -0.448 e. The van der Waals surface area contributed by atoms with Crippen molar-refractivity contribution in [3.05, 3.63) is 71.1 Å². The van der Waals surface area contributed by atoms with Gasteiger partial charge in [-0.25, -0.2) is 19.0 Å². The number of nitrogens with one attached hydrogen (secondary N) is 3. The van der Waals surface area contributed by atoms with Gasteiger partial charge in [-0.2, -0.15) is 0 Å². The van der Waals surface area contributed by atoms with Crippen molar-refractivity contribution < 1.29 is 23.5 Å². The van der Waals surface area contributed by atoms with Crippen LogP contribution in [0.4, 0.5) is 19.8 Å². The average Bonchev–Trinajstić information content (AvgIpc) is 2.94. The van der Waals surface area contributed by atoms with Gasteiger partial charge in [-0.1, -0.05) is 29.8 Å². The van der Waals surface area contributed by atoms with Gasteiger partial charge in [0.2, 0.25) is 5.91 Å². The number of urea groups is 1. The van der Waals surface area contributed by atoms with Crippen molar-refractivity contribution in [2.45, 2.75) is 19.4 Å². The summed E-state index contributed by atoms with van der Waals surface area (Å²) >= 11 is 6.23. The summed E-state index contributed by atoms with van der Waals surface area (Å²) in [6.45, 7) is 1.23. The van der Waals surface area contributed by atoms with E-state index < -0.39 is 17.3 Å². The van der Waals surface area contributed by atoms with E-state index in [1.54, 1.807) is 23.1 Å². The van der Waals surface area contributed by atoms with Crippen LogP contribution in [-0.4, -0.2) is 60.7 Å². The van der Waals surface area contributed by atoms with Gasteiger partial charge in [-0.3, -0.25) is 10.1 Å². The molecule has 206 valence electrons.